The second-order valence-corrected chi connectivity index (χ2v) is 13.2. The lowest BCUT2D eigenvalue weighted by Gasteiger charge is -2.24. The minimum Gasteiger partial charge on any atom is -0.493 e. The summed E-state index contributed by atoms with van der Waals surface area (Å²) >= 11 is 0. The molecule has 1 saturated heterocycles. The first-order valence-electron chi connectivity index (χ1n) is 17.5. The molecule has 0 radical (unpaired) electrons. The number of aliphatic hydroxyl groups is 1. The van der Waals surface area contributed by atoms with Gasteiger partial charge in [-0.2, -0.15) is 0 Å². The quantitative estimate of drug-likeness (QED) is 0.122. The Kier molecular flexibility index (Phi) is 12.7. The maximum atomic E-state index is 11.1. The molecule has 7 atom stereocenters. The van der Waals surface area contributed by atoms with Crippen molar-refractivity contribution in [3.05, 3.63) is 95.1 Å². The van der Waals surface area contributed by atoms with Crippen LogP contribution in [0.5, 0.6) is 46.0 Å². The highest BCUT2D eigenvalue weighted by Crippen LogP contribution is 2.51. The van der Waals surface area contributed by atoms with E-state index < -0.39 is 12.2 Å². The number of benzene rings is 4. The smallest absolute Gasteiger partial charge is 0.161 e. The largest absolute Gasteiger partial charge is 0.493 e. The molecule has 1 aliphatic rings. The summed E-state index contributed by atoms with van der Waals surface area (Å²) in [4.78, 5) is 0. The van der Waals surface area contributed by atoms with Crippen LogP contribution in [0.1, 0.15) is 68.3 Å². The van der Waals surface area contributed by atoms with Crippen LogP contribution < -0.4 is 37.9 Å². The number of methoxy groups -OCH3 is 6. The maximum Gasteiger partial charge on any atom is 0.161 e. The zero-order chi connectivity index (χ0) is 37.5. The van der Waals surface area contributed by atoms with E-state index in [0.29, 0.717) is 58.0 Å². The molecule has 1 fully saturated rings. The van der Waals surface area contributed by atoms with Crippen molar-refractivity contribution in [2.45, 2.75) is 64.6 Å². The number of rotatable bonds is 16. The third-order valence-electron chi connectivity index (χ3n) is 9.92. The first-order chi connectivity index (χ1) is 25.0. The Balaban J connectivity index is 1.27. The van der Waals surface area contributed by atoms with E-state index in [9.17, 15) is 5.11 Å². The molecular formula is C42H52O10. The first-order valence-corrected chi connectivity index (χ1v) is 17.5. The lowest BCUT2D eigenvalue weighted by Crippen LogP contribution is -2.22. The second kappa shape index (κ2) is 17.1. The Morgan fingerprint density at radius 3 is 1.50 bits per heavy atom. The molecule has 0 spiro atoms. The van der Waals surface area contributed by atoms with Crippen LogP contribution in [-0.4, -0.2) is 60.0 Å². The normalized spacial score (nSPS) is 20.0. The van der Waals surface area contributed by atoms with Gasteiger partial charge in [0.25, 0.3) is 0 Å². The molecule has 5 rings (SSSR count). The summed E-state index contributed by atoms with van der Waals surface area (Å²) in [6.45, 7) is 8.26. The lowest BCUT2D eigenvalue weighted by molar-refractivity contribution is 0.0284. The number of hydrogen-bond donors (Lipinski definition) is 1. The van der Waals surface area contributed by atoms with Gasteiger partial charge in [0.05, 0.1) is 54.9 Å². The molecule has 0 amide bonds. The molecule has 4 aromatic carbocycles. The van der Waals surface area contributed by atoms with Crippen molar-refractivity contribution < 1.29 is 47.7 Å². The Morgan fingerprint density at radius 1 is 0.538 bits per heavy atom. The molecule has 1 N–H and O–H groups in total. The summed E-state index contributed by atoms with van der Waals surface area (Å²) in [6.07, 6.45) is -1.29. The van der Waals surface area contributed by atoms with Crippen molar-refractivity contribution in [3.8, 4) is 46.0 Å². The molecule has 0 bridgehead atoms. The summed E-state index contributed by atoms with van der Waals surface area (Å²) in [5, 5.41) is 11.1. The van der Waals surface area contributed by atoms with E-state index in [4.69, 9.17) is 42.6 Å². The molecule has 0 aliphatic carbocycles. The molecule has 52 heavy (non-hydrogen) atoms. The van der Waals surface area contributed by atoms with Crippen LogP contribution in [0.3, 0.4) is 0 Å². The molecule has 0 aromatic heterocycles. The Morgan fingerprint density at radius 2 is 0.981 bits per heavy atom. The molecule has 4 aromatic rings. The van der Waals surface area contributed by atoms with Crippen molar-refractivity contribution in [2.24, 2.45) is 11.8 Å². The number of aliphatic hydroxyl groups excluding tert-OH is 1. The fraction of sp³-hybridized carbons (Fsp3) is 0.429. The van der Waals surface area contributed by atoms with Gasteiger partial charge < -0.3 is 47.7 Å². The van der Waals surface area contributed by atoms with Gasteiger partial charge in [0.15, 0.2) is 46.0 Å². The summed E-state index contributed by atoms with van der Waals surface area (Å²) in [5.74, 6) is 5.31. The van der Waals surface area contributed by atoms with E-state index in [1.54, 1.807) is 60.9 Å². The Hall–Kier alpha value is -4.80. The van der Waals surface area contributed by atoms with E-state index in [-0.39, 0.29) is 30.1 Å². The predicted molar refractivity (Wildman–Crippen MR) is 199 cm³/mol. The highest BCUT2D eigenvalue weighted by Gasteiger charge is 2.41. The summed E-state index contributed by atoms with van der Waals surface area (Å²) in [6, 6.07) is 23.0. The van der Waals surface area contributed by atoms with Gasteiger partial charge in [-0.25, -0.2) is 0 Å². The Bertz CT molecular complexity index is 1790. The Labute approximate surface area is 307 Å². The van der Waals surface area contributed by atoms with Crippen LogP contribution in [0.2, 0.25) is 0 Å². The first kappa shape index (κ1) is 38.4. The van der Waals surface area contributed by atoms with Crippen molar-refractivity contribution in [1.29, 1.82) is 0 Å². The van der Waals surface area contributed by atoms with Crippen molar-refractivity contribution in [3.63, 3.8) is 0 Å². The zero-order valence-electron chi connectivity index (χ0n) is 31.8. The molecule has 0 saturated carbocycles. The molecule has 280 valence electrons. The minimum atomic E-state index is -0.918. The standard InChI is InChI=1S/C42H52O10/c1-24(19-28-11-15-32(44-5)36(20-28)46-7)50-34-17-13-30(22-38(34)48-9)41-25(2)26(3)42(52-41)31-14-18-35(39(23-31)49-10)51-27(4)40(43)29-12-16-33(45-6)37(21-29)47-8/h11-18,20-27,40-43H,19H2,1-10H3. The lowest BCUT2D eigenvalue weighted by atomic mass is 9.85. The van der Waals surface area contributed by atoms with Crippen molar-refractivity contribution >= 4 is 0 Å². The van der Waals surface area contributed by atoms with Gasteiger partial charge in [0.2, 0.25) is 0 Å². The van der Waals surface area contributed by atoms with E-state index >= 15 is 0 Å². The second-order valence-electron chi connectivity index (χ2n) is 13.2. The van der Waals surface area contributed by atoms with Crippen LogP contribution in [0, 0.1) is 11.8 Å². The van der Waals surface area contributed by atoms with Gasteiger partial charge in [0.1, 0.15) is 18.3 Å². The van der Waals surface area contributed by atoms with Gasteiger partial charge in [-0.1, -0.05) is 38.1 Å². The van der Waals surface area contributed by atoms with Crippen molar-refractivity contribution in [1.82, 2.24) is 0 Å². The predicted octanol–water partition coefficient (Wildman–Crippen LogP) is 8.33. The third kappa shape index (κ3) is 8.29. The average Bonchev–Trinajstić information content (AvgIpc) is 3.47. The molecule has 10 nitrogen and oxygen atoms in total. The molecule has 10 heteroatoms. The van der Waals surface area contributed by atoms with E-state index in [0.717, 1.165) is 16.7 Å². The van der Waals surface area contributed by atoms with Crippen LogP contribution in [0.4, 0.5) is 0 Å². The summed E-state index contributed by atoms with van der Waals surface area (Å²) in [7, 11) is 9.65. The van der Waals surface area contributed by atoms with Crippen molar-refractivity contribution in [2.75, 3.05) is 42.7 Å². The topological polar surface area (TPSA) is 103 Å². The van der Waals surface area contributed by atoms with Gasteiger partial charge in [-0.3, -0.25) is 0 Å². The van der Waals surface area contributed by atoms with Crippen LogP contribution in [0.25, 0.3) is 0 Å². The molecule has 1 aliphatic heterocycles. The van der Waals surface area contributed by atoms with E-state index in [2.05, 4.69) is 19.9 Å². The fourth-order valence-corrected chi connectivity index (χ4v) is 6.81. The third-order valence-corrected chi connectivity index (χ3v) is 9.92. The summed E-state index contributed by atoms with van der Waals surface area (Å²) in [5.41, 5.74) is 3.72. The van der Waals surface area contributed by atoms with Gasteiger partial charge in [-0.15, -0.1) is 0 Å². The highest BCUT2D eigenvalue weighted by atomic mass is 16.5. The van der Waals surface area contributed by atoms with Crippen LogP contribution in [0.15, 0.2) is 72.8 Å². The van der Waals surface area contributed by atoms with Gasteiger partial charge in [0, 0.05) is 6.42 Å². The van der Waals surface area contributed by atoms with Crippen LogP contribution in [-0.2, 0) is 11.2 Å². The van der Waals surface area contributed by atoms with E-state index in [1.807, 2.05) is 62.4 Å². The fourth-order valence-electron chi connectivity index (χ4n) is 6.81. The molecule has 7 unspecified atom stereocenters. The number of hydrogen-bond acceptors (Lipinski definition) is 10. The number of ether oxygens (including phenoxy) is 9. The highest BCUT2D eigenvalue weighted by molar-refractivity contribution is 5.47. The van der Waals surface area contributed by atoms with E-state index in [1.165, 1.54) is 0 Å². The molecular weight excluding hydrogens is 664 g/mol. The maximum absolute atomic E-state index is 11.1. The van der Waals surface area contributed by atoms with Gasteiger partial charge in [-0.05, 0) is 96.5 Å². The summed E-state index contributed by atoms with van der Waals surface area (Å²) < 4.78 is 52.5. The monoisotopic (exact) mass is 716 g/mol. The SMILES string of the molecule is COc1ccc(CC(C)Oc2ccc(C3OC(c4ccc(OC(C)C(O)c5ccc(OC)c(OC)c5)c(OC)c4)C(C)C3C)cc2OC)cc1OC. The minimum absolute atomic E-state index is 0.122. The average molecular weight is 717 g/mol. The molecule has 1 heterocycles. The van der Waals surface area contributed by atoms with Gasteiger partial charge >= 0.3 is 0 Å². The zero-order valence-corrected chi connectivity index (χ0v) is 31.8. The van der Waals surface area contributed by atoms with Crippen LogP contribution >= 0.6 is 0 Å².